The predicted octanol–water partition coefficient (Wildman–Crippen LogP) is 2.17. The fraction of sp³-hybridized carbons (Fsp3) is 0.588. The Morgan fingerprint density at radius 3 is 2.82 bits per heavy atom. The van der Waals surface area contributed by atoms with Crippen LogP contribution in [0.5, 0.6) is 11.5 Å². The molecule has 122 valence electrons. The zero-order valence-electron chi connectivity index (χ0n) is 13.7. The van der Waals surface area contributed by atoms with Gasteiger partial charge in [0.2, 0.25) is 0 Å². The molecule has 5 nitrogen and oxygen atoms in total. The van der Waals surface area contributed by atoms with Crippen molar-refractivity contribution < 1.29 is 14.3 Å². The highest BCUT2D eigenvalue weighted by molar-refractivity contribution is 5.95. The Morgan fingerprint density at radius 1 is 1.27 bits per heavy atom. The first-order valence-corrected chi connectivity index (χ1v) is 7.92. The van der Waals surface area contributed by atoms with Crippen molar-refractivity contribution in [3.8, 4) is 11.5 Å². The second-order valence-electron chi connectivity index (χ2n) is 5.97. The van der Waals surface area contributed by atoms with Gasteiger partial charge in [-0.05, 0) is 37.1 Å². The zero-order valence-corrected chi connectivity index (χ0v) is 13.7. The molecule has 1 fully saturated rings. The van der Waals surface area contributed by atoms with Gasteiger partial charge in [0.1, 0.15) is 0 Å². The molecule has 22 heavy (non-hydrogen) atoms. The number of rotatable bonds is 5. The molecule has 1 aromatic rings. The van der Waals surface area contributed by atoms with E-state index >= 15 is 0 Å². The van der Waals surface area contributed by atoms with Crippen LogP contribution in [-0.4, -0.2) is 50.7 Å². The monoisotopic (exact) mass is 306 g/mol. The highest BCUT2D eigenvalue weighted by atomic mass is 16.5. The average molecular weight is 306 g/mol. The van der Waals surface area contributed by atoms with E-state index < -0.39 is 0 Å². The van der Waals surface area contributed by atoms with Crippen LogP contribution in [0.2, 0.25) is 0 Å². The smallest absolute Gasteiger partial charge is 0.254 e. The lowest BCUT2D eigenvalue weighted by atomic mass is 10.1. The molecule has 0 unspecified atom stereocenters. The Labute approximate surface area is 132 Å². The van der Waals surface area contributed by atoms with Crippen LogP contribution in [-0.2, 0) is 0 Å². The largest absolute Gasteiger partial charge is 0.493 e. The first-order chi connectivity index (χ1) is 10.6. The topological polar surface area (TPSA) is 50.8 Å². The maximum atomic E-state index is 12.6. The van der Waals surface area contributed by atoms with E-state index in [4.69, 9.17) is 9.47 Å². The molecule has 1 aliphatic heterocycles. The molecule has 1 heterocycles. The van der Waals surface area contributed by atoms with E-state index in [1.807, 2.05) is 17.0 Å². The van der Waals surface area contributed by atoms with Crippen molar-refractivity contribution in [1.29, 1.82) is 0 Å². The number of amides is 1. The number of carbonyl (C=O) groups excluding carboxylic acids is 1. The minimum Gasteiger partial charge on any atom is -0.493 e. The molecule has 0 aromatic heterocycles. The summed E-state index contributed by atoms with van der Waals surface area (Å²) in [5.74, 6) is 1.79. The van der Waals surface area contributed by atoms with Gasteiger partial charge in [0.05, 0.1) is 13.7 Å². The quantitative estimate of drug-likeness (QED) is 0.906. The van der Waals surface area contributed by atoms with Gasteiger partial charge in [0.15, 0.2) is 11.5 Å². The van der Waals surface area contributed by atoms with Gasteiger partial charge in [-0.1, -0.05) is 13.8 Å². The van der Waals surface area contributed by atoms with Crippen LogP contribution >= 0.6 is 0 Å². The molecule has 2 rings (SSSR count). The summed E-state index contributed by atoms with van der Waals surface area (Å²) in [7, 11) is 1.60. The third-order valence-electron chi connectivity index (χ3n) is 3.61. The summed E-state index contributed by atoms with van der Waals surface area (Å²) < 4.78 is 11.1. The molecular formula is C17H26N2O3. The summed E-state index contributed by atoms with van der Waals surface area (Å²) in [5, 5.41) is 3.30. The number of nitrogens with zero attached hydrogens (tertiary/aromatic N) is 1. The van der Waals surface area contributed by atoms with Crippen molar-refractivity contribution in [2.24, 2.45) is 5.92 Å². The van der Waals surface area contributed by atoms with Crippen molar-refractivity contribution in [2.45, 2.75) is 20.3 Å². The van der Waals surface area contributed by atoms with E-state index in [1.165, 1.54) is 0 Å². The molecule has 0 atom stereocenters. The van der Waals surface area contributed by atoms with E-state index in [2.05, 4.69) is 19.2 Å². The van der Waals surface area contributed by atoms with Gasteiger partial charge in [0.25, 0.3) is 5.91 Å². The maximum Gasteiger partial charge on any atom is 0.254 e. The van der Waals surface area contributed by atoms with Crippen LogP contribution in [0.15, 0.2) is 18.2 Å². The second kappa shape index (κ2) is 8.03. The SMILES string of the molecule is COc1cc(C(=O)N2CCCNCC2)ccc1OCC(C)C. The molecule has 0 radical (unpaired) electrons. The summed E-state index contributed by atoms with van der Waals surface area (Å²) in [6, 6.07) is 5.42. The van der Waals surface area contributed by atoms with Crippen LogP contribution in [0.3, 0.4) is 0 Å². The van der Waals surface area contributed by atoms with Gasteiger partial charge in [-0.2, -0.15) is 0 Å². The molecule has 1 aromatic carbocycles. The Kier molecular flexibility index (Phi) is 6.07. The van der Waals surface area contributed by atoms with Gasteiger partial charge < -0.3 is 19.7 Å². The fourth-order valence-electron chi connectivity index (χ4n) is 2.41. The van der Waals surface area contributed by atoms with Crippen molar-refractivity contribution in [2.75, 3.05) is 39.9 Å². The van der Waals surface area contributed by atoms with E-state index in [9.17, 15) is 4.79 Å². The lowest BCUT2D eigenvalue weighted by Crippen LogP contribution is -2.34. The Morgan fingerprint density at radius 2 is 2.09 bits per heavy atom. The molecule has 5 heteroatoms. The van der Waals surface area contributed by atoms with E-state index in [0.717, 1.165) is 32.6 Å². The minimum atomic E-state index is 0.0532. The minimum absolute atomic E-state index is 0.0532. The molecule has 0 aliphatic carbocycles. The number of methoxy groups -OCH3 is 1. The fourth-order valence-corrected chi connectivity index (χ4v) is 2.41. The second-order valence-corrected chi connectivity index (χ2v) is 5.97. The highest BCUT2D eigenvalue weighted by Crippen LogP contribution is 2.29. The number of benzene rings is 1. The van der Waals surface area contributed by atoms with Crippen molar-refractivity contribution in [1.82, 2.24) is 10.2 Å². The van der Waals surface area contributed by atoms with Gasteiger partial charge >= 0.3 is 0 Å². The molecule has 1 aliphatic rings. The number of nitrogens with one attached hydrogen (secondary N) is 1. The Hall–Kier alpha value is -1.75. The zero-order chi connectivity index (χ0) is 15.9. The molecule has 1 amide bonds. The van der Waals surface area contributed by atoms with E-state index in [0.29, 0.717) is 29.6 Å². The van der Waals surface area contributed by atoms with Crippen LogP contribution in [0.4, 0.5) is 0 Å². The molecular weight excluding hydrogens is 280 g/mol. The van der Waals surface area contributed by atoms with E-state index in [1.54, 1.807) is 13.2 Å². The Balaban J connectivity index is 2.12. The first kappa shape index (κ1) is 16.6. The van der Waals surface area contributed by atoms with Crippen LogP contribution in [0.1, 0.15) is 30.6 Å². The lowest BCUT2D eigenvalue weighted by Gasteiger charge is -2.21. The Bertz CT molecular complexity index is 495. The average Bonchev–Trinajstić information content (AvgIpc) is 2.81. The molecule has 0 saturated carbocycles. The first-order valence-electron chi connectivity index (χ1n) is 7.92. The van der Waals surface area contributed by atoms with Crippen LogP contribution in [0.25, 0.3) is 0 Å². The van der Waals surface area contributed by atoms with Crippen molar-refractivity contribution in [3.05, 3.63) is 23.8 Å². The molecule has 0 spiro atoms. The van der Waals surface area contributed by atoms with Gasteiger partial charge in [-0.3, -0.25) is 4.79 Å². The molecule has 0 bridgehead atoms. The van der Waals surface area contributed by atoms with Crippen molar-refractivity contribution in [3.63, 3.8) is 0 Å². The molecule has 1 N–H and O–H groups in total. The summed E-state index contributed by atoms with van der Waals surface area (Å²) in [6.07, 6.45) is 0.985. The highest BCUT2D eigenvalue weighted by Gasteiger charge is 2.19. The number of carbonyl (C=O) groups is 1. The number of hydrogen-bond acceptors (Lipinski definition) is 4. The maximum absolute atomic E-state index is 12.6. The molecule has 1 saturated heterocycles. The summed E-state index contributed by atoms with van der Waals surface area (Å²) >= 11 is 0. The number of ether oxygens (including phenoxy) is 2. The lowest BCUT2D eigenvalue weighted by molar-refractivity contribution is 0.0766. The summed E-state index contributed by atoms with van der Waals surface area (Å²) in [5.41, 5.74) is 0.649. The van der Waals surface area contributed by atoms with E-state index in [-0.39, 0.29) is 5.91 Å². The van der Waals surface area contributed by atoms with Crippen molar-refractivity contribution >= 4 is 5.91 Å². The van der Waals surface area contributed by atoms with Crippen LogP contribution in [0, 0.1) is 5.92 Å². The van der Waals surface area contributed by atoms with Gasteiger partial charge in [-0.25, -0.2) is 0 Å². The third-order valence-corrected chi connectivity index (χ3v) is 3.61. The third kappa shape index (κ3) is 4.37. The summed E-state index contributed by atoms with van der Waals surface area (Å²) in [6.45, 7) is 8.16. The van der Waals surface area contributed by atoms with Gasteiger partial charge in [-0.15, -0.1) is 0 Å². The normalized spacial score (nSPS) is 15.5. The summed E-state index contributed by atoms with van der Waals surface area (Å²) in [4.78, 5) is 14.5. The number of hydrogen-bond donors (Lipinski definition) is 1. The standard InChI is InChI=1S/C17H26N2O3/c1-13(2)12-22-15-6-5-14(11-16(15)21-3)17(20)19-9-4-7-18-8-10-19/h5-6,11,13,18H,4,7-10,12H2,1-3H3. The van der Waals surface area contributed by atoms with Crippen LogP contribution < -0.4 is 14.8 Å². The van der Waals surface area contributed by atoms with Gasteiger partial charge in [0, 0.05) is 25.2 Å². The predicted molar refractivity (Wildman–Crippen MR) is 86.7 cm³/mol.